The zero-order chi connectivity index (χ0) is 15.4. The summed E-state index contributed by atoms with van der Waals surface area (Å²) < 4.78 is 0. The summed E-state index contributed by atoms with van der Waals surface area (Å²) in [6.45, 7) is 0. The van der Waals surface area contributed by atoms with E-state index >= 15 is 0 Å². The summed E-state index contributed by atoms with van der Waals surface area (Å²) in [5.41, 5.74) is 9.06. The van der Waals surface area contributed by atoms with Crippen LogP contribution in [-0.4, -0.2) is 19.2 Å². The van der Waals surface area contributed by atoms with Crippen molar-refractivity contribution < 1.29 is 0 Å². The molecule has 4 N–H and O–H groups in total. The maximum atomic E-state index is 6.11. The second-order valence-electron chi connectivity index (χ2n) is 4.79. The lowest BCUT2D eigenvalue weighted by Gasteiger charge is -2.16. The maximum Gasteiger partial charge on any atom is 0.175 e. The average molecular weight is 321 g/mol. The van der Waals surface area contributed by atoms with Gasteiger partial charge in [-0.3, -0.25) is 0 Å². The van der Waals surface area contributed by atoms with E-state index in [1.54, 1.807) is 0 Å². The van der Waals surface area contributed by atoms with Crippen LogP contribution in [-0.2, 0) is 0 Å². The average Bonchev–Trinajstić information content (AvgIpc) is 2.40. The fourth-order valence-corrected chi connectivity index (χ4v) is 2.23. The minimum Gasteiger partial charge on any atom is -0.399 e. The third kappa shape index (κ3) is 4.51. The first kappa shape index (κ1) is 15.4. The zero-order valence-corrected chi connectivity index (χ0v) is 13.4. The molecule has 0 radical (unpaired) electrons. The molecule has 0 aliphatic heterocycles. The van der Waals surface area contributed by atoms with Crippen molar-refractivity contribution in [3.05, 3.63) is 47.5 Å². The van der Waals surface area contributed by atoms with Gasteiger partial charge in [0.05, 0.1) is 0 Å². The Morgan fingerprint density at radius 1 is 1.05 bits per heavy atom. The van der Waals surface area contributed by atoms with E-state index in [4.69, 9.17) is 29.6 Å². The Hall–Kier alpha value is -1.98. The standard InChI is InChI=1S/C15H17ClN4S/c1-20(2)14-8-10(16)7-13(9-14)19-15(21)18-12-5-3-11(17)4-6-12/h3-9H,17H2,1-2H3,(H2,18,19,21). The molecule has 0 bridgehead atoms. The predicted molar refractivity (Wildman–Crippen MR) is 96.5 cm³/mol. The molecule has 2 rings (SSSR count). The Morgan fingerprint density at radius 2 is 1.67 bits per heavy atom. The van der Waals surface area contributed by atoms with Crippen molar-refractivity contribution in [3.63, 3.8) is 0 Å². The van der Waals surface area contributed by atoms with Gasteiger partial charge in [0.25, 0.3) is 0 Å². The summed E-state index contributed by atoms with van der Waals surface area (Å²) in [5, 5.41) is 7.36. The van der Waals surface area contributed by atoms with Gasteiger partial charge in [-0.25, -0.2) is 0 Å². The highest BCUT2D eigenvalue weighted by atomic mass is 35.5. The predicted octanol–water partition coefficient (Wildman–Crippen LogP) is 3.80. The van der Waals surface area contributed by atoms with E-state index in [1.165, 1.54) is 0 Å². The summed E-state index contributed by atoms with van der Waals surface area (Å²) in [6.07, 6.45) is 0. The highest BCUT2D eigenvalue weighted by Gasteiger charge is 2.04. The molecule has 0 amide bonds. The van der Waals surface area contributed by atoms with Gasteiger partial charge in [0, 0.05) is 41.9 Å². The quantitative estimate of drug-likeness (QED) is 0.593. The minimum absolute atomic E-state index is 0.492. The number of rotatable bonds is 3. The summed E-state index contributed by atoms with van der Waals surface area (Å²) in [6, 6.07) is 13.1. The first-order valence-electron chi connectivity index (χ1n) is 6.35. The van der Waals surface area contributed by atoms with Crippen LogP contribution in [0.2, 0.25) is 5.02 Å². The number of nitrogens with one attached hydrogen (secondary N) is 2. The number of hydrogen-bond acceptors (Lipinski definition) is 3. The fourth-order valence-electron chi connectivity index (χ4n) is 1.76. The number of nitrogens with zero attached hydrogens (tertiary/aromatic N) is 1. The Labute approximate surface area is 134 Å². The normalized spacial score (nSPS) is 10.0. The van der Waals surface area contributed by atoms with Crippen LogP contribution in [0.1, 0.15) is 0 Å². The van der Waals surface area contributed by atoms with E-state index in [2.05, 4.69) is 10.6 Å². The molecule has 0 unspecified atom stereocenters. The van der Waals surface area contributed by atoms with Crippen molar-refractivity contribution in [1.29, 1.82) is 0 Å². The molecule has 0 aromatic heterocycles. The molecule has 21 heavy (non-hydrogen) atoms. The van der Waals surface area contributed by atoms with Crippen LogP contribution in [0.15, 0.2) is 42.5 Å². The van der Waals surface area contributed by atoms with Gasteiger partial charge in [-0.2, -0.15) is 0 Å². The number of hydrogen-bond donors (Lipinski definition) is 3. The second kappa shape index (κ2) is 6.65. The molecular formula is C15H17ClN4S. The van der Waals surface area contributed by atoms with Crippen LogP contribution in [0.4, 0.5) is 22.7 Å². The van der Waals surface area contributed by atoms with E-state index in [0.717, 1.165) is 17.1 Å². The van der Waals surface area contributed by atoms with Gasteiger partial charge < -0.3 is 21.3 Å². The van der Waals surface area contributed by atoms with Crippen molar-refractivity contribution in [2.45, 2.75) is 0 Å². The minimum atomic E-state index is 0.492. The topological polar surface area (TPSA) is 53.3 Å². The first-order chi connectivity index (χ1) is 9.94. The van der Waals surface area contributed by atoms with Gasteiger partial charge in [-0.15, -0.1) is 0 Å². The molecule has 2 aromatic rings. The van der Waals surface area contributed by atoms with Gasteiger partial charge >= 0.3 is 0 Å². The third-order valence-corrected chi connectivity index (χ3v) is 3.25. The van der Waals surface area contributed by atoms with E-state index in [-0.39, 0.29) is 0 Å². The van der Waals surface area contributed by atoms with Gasteiger partial charge in [-0.1, -0.05) is 11.6 Å². The van der Waals surface area contributed by atoms with Crippen molar-refractivity contribution in [2.75, 3.05) is 35.4 Å². The van der Waals surface area contributed by atoms with Gasteiger partial charge in [0.2, 0.25) is 0 Å². The molecule has 2 aromatic carbocycles. The lowest BCUT2D eigenvalue weighted by Crippen LogP contribution is -2.19. The van der Waals surface area contributed by atoms with E-state index < -0.39 is 0 Å². The number of halogens is 1. The molecule has 110 valence electrons. The van der Waals surface area contributed by atoms with Crippen LogP contribution in [0.3, 0.4) is 0 Å². The Balaban J connectivity index is 2.07. The Kier molecular flexibility index (Phi) is 4.88. The third-order valence-electron chi connectivity index (χ3n) is 2.83. The Morgan fingerprint density at radius 3 is 2.29 bits per heavy atom. The summed E-state index contributed by atoms with van der Waals surface area (Å²) >= 11 is 11.4. The Bertz CT molecular complexity index is 641. The molecular weight excluding hydrogens is 304 g/mol. The number of nitrogens with two attached hydrogens (primary N) is 1. The number of anilines is 4. The van der Waals surface area contributed by atoms with Crippen LogP contribution in [0.25, 0.3) is 0 Å². The molecule has 4 nitrogen and oxygen atoms in total. The molecule has 0 saturated carbocycles. The lowest BCUT2D eigenvalue weighted by atomic mass is 10.2. The zero-order valence-electron chi connectivity index (χ0n) is 11.9. The SMILES string of the molecule is CN(C)c1cc(Cl)cc(NC(=S)Nc2ccc(N)cc2)c1. The number of benzene rings is 2. The second-order valence-corrected chi connectivity index (χ2v) is 5.64. The highest BCUT2D eigenvalue weighted by molar-refractivity contribution is 7.80. The lowest BCUT2D eigenvalue weighted by molar-refractivity contribution is 1.13. The largest absolute Gasteiger partial charge is 0.399 e. The fraction of sp³-hybridized carbons (Fsp3) is 0.133. The first-order valence-corrected chi connectivity index (χ1v) is 7.14. The van der Waals surface area contributed by atoms with E-state index in [1.807, 2.05) is 61.5 Å². The van der Waals surface area contributed by atoms with Crippen LogP contribution < -0.4 is 21.3 Å². The summed E-state index contributed by atoms with van der Waals surface area (Å²) in [7, 11) is 3.92. The van der Waals surface area contributed by atoms with Crippen molar-refractivity contribution >= 4 is 51.7 Å². The van der Waals surface area contributed by atoms with Crippen molar-refractivity contribution in [1.82, 2.24) is 0 Å². The highest BCUT2D eigenvalue weighted by Crippen LogP contribution is 2.24. The van der Waals surface area contributed by atoms with E-state index in [9.17, 15) is 0 Å². The van der Waals surface area contributed by atoms with Crippen molar-refractivity contribution in [3.8, 4) is 0 Å². The molecule has 6 heteroatoms. The van der Waals surface area contributed by atoms with E-state index in [0.29, 0.717) is 15.8 Å². The maximum absolute atomic E-state index is 6.11. The van der Waals surface area contributed by atoms with Crippen LogP contribution in [0, 0.1) is 0 Å². The van der Waals surface area contributed by atoms with Gasteiger partial charge in [0.1, 0.15) is 0 Å². The summed E-state index contributed by atoms with van der Waals surface area (Å²) in [5.74, 6) is 0. The number of thiocarbonyl (C=S) groups is 1. The van der Waals surface area contributed by atoms with Crippen LogP contribution >= 0.6 is 23.8 Å². The van der Waals surface area contributed by atoms with Gasteiger partial charge in [-0.05, 0) is 54.7 Å². The molecule has 0 fully saturated rings. The summed E-state index contributed by atoms with van der Waals surface area (Å²) in [4.78, 5) is 1.98. The van der Waals surface area contributed by atoms with Crippen molar-refractivity contribution in [2.24, 2.45) is 0 Å². The molecule has 0 aliphatic carbocycles. The number of nitrogen functional groups attached to an aromatic ring is 1. The molecule has 0 saturated heterocycles. The van der Waals surface area contributed by atoms with Gasteiger partial charge in [0.15, 0.2) is 5.11 Å². The molecule has 0 heterocycles. The molecule has 0 aliphatic rings. The monoisotopic (exact) mass is 320 g/mol. The molecule has 0 spiro atoms. The van der Waals surface area contributed by atoms with Crippen LogP contribution in [0.5, 0.6) is 0 Å². The smallest absolute Gasteiger partial charge is 0.175 e. The molecule has 0 atom stereocenters.